The highest BCUT2D eigenvalue weighted by Crippen LogP contribution is 2.35. The van der Waals surface area contributed by atoms with Crippen molar-refractivity contribution in [2.75, 3.05) is 34.4 Å². The average Bonchev–Trinajstić information content (AvgIpc) is 3.60. The summed E-state index contributed by atoms with van der Waals surface area (Å²) in [5.41, 5.74) is 14.8. The summed E-state index contributed by atoms with van der Waals surface area (Å²) in [6.07, 6.45) is 6.51. The van der Waals surface area contributed by atoms with Gasteiger partial charge in [-0.05, 0) is 55.5 Å². The molecule has 12 heteroatoms. The highest BCUT2D eigenvalue weighted by Gasteiger charge is 2.42. The Bertz CT molecular complexity index is 1010. The Morgan fingerprint density at radius 3 is 2.02 bits per heavy atom. The van der Waals surface area contributed by atoms with Crippen LogP contribution in [0.15, 0.2) is 30.3 Å². The molecule has 4 amide bonds. The number of amides is 4. The van der Waals surface area contributed by atoms with Crippen LogP contribution >= 0.6 is 0 Å². The van der Waals surface area contributed by atoms with Crippen molar-refractivity contribution >= 4 is 24.6 Å². The van der Waals surface area contributed by atoms with Gasteiger partial charge >= 0.3 is 0 Å². The van der Waals surface area contributed by atoms with E-state index in [1.165, 1.54) is 6.42 Å². The number of aliphatic hydroxyl groups is 1. The van der Waals surface area contributed by atoms with E-state index in [2.05, 4.69) is 53.0 Å². The molecule has 2 rings (SSSR count). The molecule has 1 aromatic carbocycles. The lowest BCUT2D eigenvalue weighted by atomic mass is 9.80. The number of likely N-dealkylation sites (N-methyl/N-ethyl adjacent to an activating group) is 1. The van der Waals surface area contributed by atoms with Crippen molar-refractivity contribution in [3.8, 4) is 0 Å². The van der Waals surface area contributed by atoms with E-state index in [9.17, 15) is 14.7 Å². The first-order valence-corrected chi connectivity index (χ1v) is 18.2. The topological polar surface area (TPSA) is 192 Å². The SMILES string of the molecule is CCC.CCC(C)C(C(CC(=O)N1CCCC1C(OC)C(C)C(C)C(O)c1ccccc1)OC)N(C)C(=O)CCCCCN.NC=O.NC=O. The summed E-state index contributed by atoms with van der Waals surface area (Å²) in [6, 6.07) is 9.44. The Balaban J connectivity index is 0. The number of benzene rings is 1. The lowest BCUT2D eigenvalue weighted by molar-refractivity contribution is -0.145. The van der Waals surface area contributed by atoms with Gasteiger partial charge in [0, 0.05) is 34.2 Å². The molecular formula is C38H71N5O7. The van der Waals surface area contributed by atoms with Crippen LogP contribution in [0.5, 0.6) is 0 Å². The Morgan fingerprint density at radius 2 is 1.54 bits per heavy atom. The predicted octanol–water partition coefficient (Wildman–Crippen LogP) is 4.41. The molecule has 1 fully saturated rings. The minimum absolute atomic E-state index is 0.0164. The number of methoxy groups -OCH3 is 2. The fourth-order valence-electron chi connectivity index (χ4n) is 6.52. The number of nitrogens with two attached hydrogens (primary N) is 3. The van der Waals surface area contributed by atoms with Crippen LogP contribution in [0.1, 0.15) is 111 Å². The van der Waals surface area contributed by atoms with Crippen LogP contribution in [0.2, 0.25) is 0 Å². The number of carbonyl (C=O) groups is 4. The monoisotopic (exact) mass is 710 g/mol. The summed E-state index contributed by atoms with van der Waals surface area (Å²) in [5.74, 6) is 0.239. The standard InChI is InChI=1S/C33H57N3O5.C3H8.2CH3NO/c1-8-23(2)31(35(5)29(37)19-13-10-14-20-34)28(40-6)22-30(38)36-21-15-18-27(36)33(41-7)25(4)24(3)32(39)26-16-11-9-12-17-26;1-3-2;2*2-1-3/h9,11-12,16-17,23-25,27-28,31-33,39H,8,10,13-15,18-22,34H2,1-7H3;3H2,1-2H3;2*1H,(H2,2,3). The molecule has 0 aliphatic carbocycles. The third-order valence-corrected chi connectivity index (χ3v) is 9.48. The van der Waals surface area contributed by atoms with Crippen LogP contribution in [0.4, 0.5) is 0 Å². The molecule has 8 unspecified atom stereocenters. The summed E-state index contributed by atoms with van der Waals surface area (Å²) < 4.78 is 12.0. The molecule has 0 radical (unpaired) electrons. The van der Waals surface area contributed by atoms with E-state index in [0.717, 1.165) is 44.1 Å². The van der Waals surface area contributed by atoms with Crippen molar-refractivity contribution in [3.63, 3.8) is 0 Å². The maximum absolute atomic E-state index is 13.9. The zero-order valence-corrected chi connectivity index (χ0v) is 32.5. The number of carbonyl (C=O) groups excluding carboxylic acids is 4. The minimum atomic E-state index is -0.619. The molecule has 0 saturated carbocycles. The number of hydrogen-bond donors (Lipinski definition) is 4. The zero-order chi connectivity index (χ0) is 38.6. The van der Waals surface area contributed by atoms with E-state index >= 15 is 0 Å². The number of likely N-dealkylation sites (tertiary alicyclic amines) is 1. The minimum Gasteiger partial charge on any atom is -0.388 e. The molecule has 12 nitrogen and oxygen atoms in total. The predicted molar refractivity (Wildman–Crippen MR) is 201 cm³/mol. The van der Waals surface area contributed by atoms with Gasteiger partial charge in [0.2, 0.25) is 24.6 Å². The molecule has 0 bridgehead atoms. The Morgan fingerprint density at radius 1 is 0.980 bits per heavy atom. The maximum atomic E-state index is 13.9. The van der Waals surface area contributed by atoms with E-state index in [0.29, 0.717) is 19.5 Å². The lowest BCUT2D eigenvalue weighted by Crippen LogP contribution is -2.52. The maximum Gasteiger partial charge on any atom is 0.225 e. The Labute approximate surface area is 302 Å². The molecule has 1 heterocycles. The van der Waals surface area contributed by atoms with E-state index in [4.69, 9.17) is 24.8 Å². The molecule has 1 saturated heterocycles. The molecular weight excluding hydrogens is 638 g/mol. The van der Waals surface area contributed by atoms with Crippen LogP contribution in [0.25, 0.3) is 0 Å². The highest BCUT2D eigenvalue weighted by molar-refractivity contribution is 5.78. The second kappa shape index (κ2) is 29.6. The number of rotatable bonds is 18. The van der Waals surface area contributed by atoms with Crippen molar-refractivity contribution in [3.05, 3.63) is 35.9 Å². The fraction of sp³-hybridized carbons (Fsp3) is 0.737. The Hall–Kier alpha value is -3.06. The molecule has 290 valence electrons. The smallest absolute Gasteiger partial charge is 0.225 e. The van der Waals surface area contributed by atoms with Crippen LogP contribution in [-0.2, 0) is 28.7 Å². The van der Waals surface area contributed by atoms with E-state index in [-0.39, 0.29) is 67.0 Å². The first kappa shape index (κ1) is 49.1. The lowest BCUT2D eigenvalue weighted by Gasteiger charge is -2.40. The largest absolute Gasteiger partial charge is 0.388 e. The molecule has 1 aliphatic heterocycles. The quantitative estimate of drug-likeness (QED) is 0.127. The molecule has 1 aliphatic rings. The molecule has 7 N–H and O–H groups in total. The van der Waals surface area contributed by atoms with Gasteiger partial charge in [-0.2, -0.15) is 0 Å². The molecule has 50 heavy (non-hydrogen) atoms. The number of ether oxygens (including phenoxy) is 2. The van der Waals surface area contributed by atoms with Gasteiger partial charge in [-0.15, -0.1) is 0 Å². The van der Waals surface area contributed by atoms with Gasteiger partial charge in [0.05, 0.1) is 36.8 Å². The third kappa shape index (κ3) is 17.2. The second-order valence-corrected chi connectivity index (χ2v) is 13.0. The van der Waals surface area contributed by atoms with E-state index in [1.54, 1.807) is 14.2 Å². The van der Waals surface area contributed by atoms with Crippen molar-refractivity contribution in [2.24, 2.45) is 35.0 Å². The van der Waals surface area contributed by atoms with Gasteiger partial charge in [-0.3, -0.25) is 19.2 Å². The van der Waals surface area contributed by atoms with Gasteiger partial charge in [-0.1, -0.05) is 91.1 Å². The first-order chi connectivity index (χ1) is 23.9. The third-order valence-electron chi connectivity index (χ3n) is 9.48. The van der Waals surface area contributed by atoms with Gasteiger partial charge in [0.15, 0.2) is 0 Å². The summed E-state index contributed by atoms with van der Waals surface area (Å²) in [5, 5.41) is 11.1. The van der Waals surface area contributed by atoms with E-state index in [1.807, 2.05) is 47.2 Å². The van der Waals surface area contributed by atoms with Crippen molar-refractivity contribution in [1.29, 1.82) is 0 Å². The zero-order valence-electron chi connectivity index (χ0n) is 32.5. The molecule has 0 aromatic heterocycles. The average molecular weight is 710 g/mol. The van der Waals surface area contributed by atoms with Gasteiger partial charge in [0.1, 0.15) is 0 Å². The number of unbranched alkanes of at least 4 members (excludes halogenated alkanes) is 2. The van der Waals surface area contributed by atoms with Crippen molar-refractivity contribution in [1.82, 2.24) is 9.80 Å². The van der Waals surface area contributed by atoms with Crippen LogP contribution in [-0.4, -0.2) is 98.2 Å². The fourth-order valence-corrected chi connectivity index (χ4v) is 6.52. The first-order valence-electron chi connectivity index (χ1n) is 18.2. The summed E-state index contributed by atoms with van der Waals surface area (Å²) >= 11 is 0. The van der Waals surface area contributed by atoms with Gasteiger partial charge in [0.25, 0.3) is 0 Å². The van der Waals surface area contributed by atoms with Crippen molar-refractivity contribution < 1.29 is 33.8 Å². The normalized spacial score (nSPS) is 17.7. The van der Waals surface area contributed by atoms with Crippen LogP contribution in [0, 0.1) is 17.8 Å². The summed E-state index contributed by atoms with van der Waals surface area (Å²) in [7, 11) is 5.19. The number of primary amides is 2. The highest BCUT2D eigenvalue weighted by atomic mass is 16.5. The number of nitrogens with zero attached hydrogens (tertiary/aromatic N) is 2. The molecule has 1 aromatic rings. The summed E-state index contributed by atoms with van der Waals surface area (Å²) in [6.45, 7) is 14.0. The van der Waals surface area contributed by atoms with Gasteiger partial charge < -0.3 is 41.6 Å². The van der Waals surface area contributed by atoms with Gasteiger partial charge in [-0.25, -0.2) is 0 Å². The van der Waals surface area contributed by atoms with Crippen molar-refractivity contribution in [2.45, 2.75) is 130 Å². The molecule has 0 spiro atoms. The Kier molecular flexibility index (Phi) is 29.1. The number of hydrogen-bond acceptors (Lipinski definition) is 8. The second-order valence-electron chi connectivity index (χ2n) is 13.0. The van der Waals surface area contributed by atoms with E-state index < -0.39 is 12.2 Å². The van der Waals surface area contributed by atoms with Crippen LogP contribution in [0.3, 0.4) is 0 Å². The van der Waals surface area contributed by atoms with Crippen LogP contribution < -0.4 is 17.2 Å². The summed E-state index contributed by atoms with van der Waals surface area (Å²) in [4.78, 5) is 47.9. The number of aliphatic hydroxyl groups excluding tert-OH is 1. The molecule has 8 atom stereocenters.